The molecule has 1 aliphatic heterocycles. The van der Waals surface area contributed by atoms with E-state index in [0.717, 1.165) is 6.42 Å². The molecule has 0 aromatic heterocycles. The lowest BCUT2D eigenvalue weighted by Crippen LogP contribution is -2.29. The minimum atomic E-state index is -0.942. The van der Waals surface area contributed by atoms with Crippen LogP contribution in [0.2, 0.25) is 0 Å². The van der Waals surface area contributed by atoms with E-state index in [1.165, 1.54) is 24.1 Å². The van der Waals surface area contributed by atoms with Gasteiger partial charge in [0, 0.05) is 11.3 Å². The number of amides is 1. The van der Waals surface area contributed by atoms with Gasteiger partial charge in [-0.05, 0) is 66.1 Å². The number of Topliss-reactive ketones (excluding diaryl/α,β-unsaturated/α-hetero) is 1. The van der Waals surface area contributed by atoms with E-state index in [4.69, 9.17) is 9.47 Å². The van der Waals surface area contributed by atoms with Crippen molar-refractivity contribution in [3.63, 3.8) is 0 Å². The third kappa shape index (κ3) is 5.33. The van der Waals surface area contributed by atoms with Crippen LogP contribution >= 0.6 is 0 Å². The second kappa shape index (κ2) is 11.0. The molecule has 0 saturated carbocycles. The Morgan fingerprint density at radius 3 is 2.19 bits per heavy atom. The predicted molar refractivity (Wildman–Crippen MR) is 137 cm³/mol. The molecule has 1 heterocycles. The first-order valence-corrected chi connectivity index (χ1v) is 11.8. The molecule has 8 heteroatoms. The fourth-order valence-electron chi connectivity index (χ4n) is 4.17. The summed E-state index contributed by atoms with van der Waals surface area (Å²) in [6, 6.07) is 18.4. The van der Waals surface area contributed by atoms with Crippen molar-refractivity contribution in [2.24, 2.45) is 0 Å². The van der Waals surface area contributed by atoms with Crippen molar-refractivity contribution in [2.75, 3.05) is 18.6 Å². The average molecular weight is 502 g/mol. The Bertz CT molecular complexity index is 1330. The maximum Gasteiger partial charge on any atom is 0.309 e. The summed E-state index contributed by atoms with van der Waals surface area (Å²) in [7, 11) is 1.31. The van der Waals surface area contributed by atoms with Gasteiger partial charge in [0.05, 0.1) is 31.8 Å². The first kappa shape index (κ1) is 25.5. The van der Waals surface area contributed by atoms with Gasteiger partial charge in [0.15, 0.2) is 0 Å². The van der Waals surface area contributed by atoms with Crippen LogP contribution in [0.15, 0.2) is 78.4 Å². The molecule has 3 aromatic carbocycles. The number of esters is 1. The number of aliphatic hydroxyl groups excluding tert-OH is 1. The van der Waals surface area contributed by atoms with Gasteiger partial charge in [-0.15, -0.1) is 0 Å². The summed E-state index contributed by atoms with van der Waals surface area (Å²) in [4.78, 5) is 39.5. The summed E-state index contributed by atoms with van der Waals surface area (Å²) in [5, 5.41) is 21.0. The fourth-order valence-corrected chi connectivity index (χ4v) is 4.17. The number of nitrogens with zero attached hydrogens (tertiary/aromatic N) is 1. The van der Waals surface area contributed by atoms with Crippen molar-refractivity contribution in [2.45, 2.75) is 25.8 Å². The lowest BCUT2D eigenvalue weighted by Gasteiger charge is -2.25. The first-order chi connectivity index (χ1) is 17.8. The molecule has 0 radical (unpaired) electrons. The Kier molecular flexibility index (Phi) is 7.57. The molecule has 1 unspecified atom stereocenters. The molecule has 190 valence electrons. The summed E-state index contributed by atoms with van der Waals surface area (Å²) in [6.45, 7) is 2.55. The summed E-state index contributed by atoms with van der Waals surface area (Å²) >= 11 is 0. The van der Waals surface area contributed by atoms with Crippen LogP contribution in [0.3, 0.4) is 0 Å². The van der Waals surface area contributed by atoms with E-state index in [2.05, 4.69) is 0 Å². The smallest absolute Gasteiger partial charge is 0.309 e. The van der Waals surface area contributed by atoms with Gasteiger partial charge in [-0.25, -0.2) is 0 Å². The van der Waals surface area contributed by atoms with E-state index < -0.39 is 23.7 Å². The van der Waals surface area contributed by atoms with E-state index in [9.17, 15) is 24.6 Å². The number of rotatable bonds is 8. The van der Waals surface area contributed by atoms with Crippen molar-refractivity contribution < 1.29 is 34.1 Å². The molecule has 0 aliphatic carbocycles. The van der Waals surface area contributed by atoms with Crippen LogP contribution in [-0.2, 0) is 25.5 Å². The van der Waals surface area contributed by atoms with Crippen LogP contribution in [0, 0.1) is 0 Å². The molecule has 8 nitrogen and oxygen atoms in total. The number of benzene rings is 3. The first-order valence-electron chi connectivity index (χ1n) is 11.8. The van der Waals surface area contributed by atoms with Gasteiger partial charge in [-0.3, -0.25) is 19.3 Å². The number of anilines is 1. The topological polar surface area (TPSA) is 113 Å². The molecule has 0 spiro atoms. The molecule has 1 amide bonds. The van der Waals surface area contributed by atoms with Crippen molar-refractivity contribution >= 4 is 29.1 Å². The second-order valence-electron chi connectivity index (χ2n) is 8.55. The Morgan fingerprint density at radius 2 is 1.59 bits per heavy atom. The summed E-state index contributed by atoms with van der Waals surface area (Å²) in [5.74, 6) is -1.70. The minimum absolute atomic E-state index is 0.0236. The molecule has 3 aromatic rings. The Hall–Kier alpha value is -4.59. The molecular formula is C29H27NO7. The number of carbonyl (C=O) groups is 3. The van der Waals surface area contributed by atoms with Crippen LogP contribution in [0.1, 0.15) is 36.1 Å². The largest absolute Gasteiger partial charge is 0.508 e. The van der Waals surface area contributed by atoms with E-state index in [0.29, 0.717) is 34.7 Å². The molecule has 0 bridgehead atoms. The number of ether oxygens (including phenoxy) is 2. The van der Waals surface area contributed by atoms with Crippen molar-refractivity contribution in [1.82, 2.24) is 0 Å². The van der Waals surface area contributed by atoms with Gasteiger partial charge < -0.3 is 19.7 Å². The van der Waals surface area contributed by atoms with Gasteiger partial charge in [0.1, 0.15) is 17.3 Å². The zero-order valence-electron chi connectivity index (χ0n) is 20.5. The fraction of sp³-hybridized carbons (Fsp3) is 0.207. The third-order valence-corrected chi connectivity index (χ3v) is 6.04. The van der Waals surface area contributed by atoms with E-state index >= 15 is 0 Å². The Labute approximate surface area is 214 Å². The van der Waals surface area contributed by atoms with Crippen LogP contribution < -0.4 is 9.64 Å². The highest BCUT2D eigenvalue weighted by Crippen LogP contribution is 2.42. The number of hydrogen-bond acceptors (Lipinski definition) is 7. The molecular weight excluding hydrogens is 474 g/mol. The number of aromatic hydroxyl groups is 1. The molecule has 4 rings (SSSR count). The van der Waals surface area contributed by atoms with Crippen LogP contribution in [0.5, 0.6) is 11.5 Å². The molecule has 1 fully saturated rings. The SMILES string of the molecule is CCCOc1ccc(/C(O)=C2\C(=O)C(=O)N(c3ccc(CC(=O)OC)cc3)C2c2ccc(O)cc2)cc1. The second-order valence-corrected chi connectivity index (χ2v) is 8.55. The standard InChI is InChI=1S/C29H27NO7/c1-3-16-37-23-14-8-20(9-15-23)27(33)25-26(19-6-12-22(31)13-7-19)30(29(35)28(25)34)21-10-4-18(5-11-21)17-24(32)36-2/h4-15,26,31,33H,3,16-17H2,1-2H3/b27-25+. The number of methoxy groups -OCH3 is 1. The maximum absolute atomic E-state index is 13.3. The summed E-state index contributed by atoms with van der Waals surface area (Å²) in [6.07, 6.45) is 0.913. The number of phenolic OH excluding ortho intramolecular Hbond substituents is 1. The van der Waals surface area contributed by atoms with Crippen molar-refractivity contribution in [3.05, 3.63) is 95.1 Å². The minimum Gasteiger partial charge on any atom is -0.508 e. The van der Waals surface area contributed by atoms with Gasteiger partial charge in [0.2, 0.25) is 0 Å². The monoisotopic (exact) mass is 501 g/mol. The summed E-state index contributed by atoms with van der Waals surface area (Å²) in [5.41, 5.74) is 1.91. The van der Waals surface area contributed by atoms with Gasteiger partial charge in [-0.2, -0.15) is 0 Å². The Balaban J connectivity index is 1.78. The van der Waals surface area contributed by atoms with Crippen molar-refractivity contribution in [1.29, 1.82) is 0 Å². The van der Waals surface area contributed by atoms with E-state index in [1.54, 1.807) is 60.7 Å². The molecule has 1 saturated heterocycles. The van der Waals surface area contributed by atoms with Crippen LogP contribution in [-0.4, -0.2) is 41.6 Å². The molecule has 1 atom stereocenters. The van der Waals surface area contributed by atoms with Crippen LogP contribution in [0.4, 0.5) is 5.69 Å². The number of aliphatic hydroxyl groups is 1. The van der Waals surface area contributed by atoms with Crippen molar-refractivity contribution in [3.8, 4) is 11.5 Å². The summed E-state index contributed by atoms with van der Waals surface area (Å²) < 4.78 is 10.3. The van der Waals surface area contributed by atoms with E-state index in [1.807, 2.05) is 6.92 Å². The number of carbonyl (C=O) groups excluding carboxylic acids is 3. The average Bonchev–Trinajstić information content (AvgIpc) is 3.18. The zero-order chi connectivity index (χ0) is 26.5. The number of ketones is 1. The Morgan fingerprint density at radius 1 is 0.946 bits per heavy atom. The normalized spacial score (nSPS) is 16.6. The quantitative estimate of drug-likeness (QED) is 0.202. The molecule has 1 aliphatic rings. The number of phenols is 1. The molecule has 2 N–H and O–H groups in total. The van der Waals surface area contributed by atoms with Gasteiger partial charge in [-0.1, -0.05) is 31.2 Å². The lowest BCUT2D eigenvalue weighted by molar-refractivity contribution is -0.139. The third-order valence-electron chi connectivity index (χ3n) is 6.04. The van der Waals surface area contributed by atoms with Crippen LogP contribution in [0.25, 0.3) is 5.76 Å². The number of hydrogen-bond donors (Lipinski definition) is 2. The lowest BCUT2D eigenvalue weighted by atomic mass is 9.95. The maximum atomic E-state index is 13.3. The highest BCUT2D eigenvalue weighted by molar-refractivity contribution is 6.51. The van der Waals surface area contributed by atoms with Gasteiger partial charge >= 0.3 is 5.97 Å². The van der Waals surface area contributed by atoms with Gasteiger partial charge in [0.25, 0.3) is 11.7 Å². The highest BCUT2D eigenvalue weighted by atomic mass is 16.5. The highest BCUT2D eigenvalue weighted by Gasteiger charge is 2.47. The predicted octanol–water partition coefficient (Wildman–Crippen LogP) is 4.52. The zero-order valence-corrected chi connectivity index (χ0v) is 20.5. The van der Waals surface area contributed by atoms with E-state index in [-0.39, 0.29) is 23.5 Å². The molecule has 37 heavy (non-hydrogen) atoms.